The number of amides is 2. The second kappa shape index (κ2) is 23.0. The van der Waals surface area contributed by atoms with Crippen LogP contribution in [0.2, 0.25) is 0 Å². The Bertz CT molecular complexity index is 558. The van der Waals surface area contributed by atoms with Crippen LogP contribution in [0, 0.1) is 0 Å². The maximum atomic E-state index is 13.7. The van der Waals surface area contributed by atoms with Crippen molar-refractivity contribution in [3.63, 3.8) is 0 Å². The van der Waals surface area contributed by atoms with Crippen LogP contribution in [0.4, 0.5) is 0 Å². The Hall–Kier alpha value is -0.980. The van der Waals surface area contributed by atoms with Crippen molar-refractivity contribution < 1.29 is 18.9 Å². The number of likely N-dealkylation sites (tertiary alicyclic amines) is 1. The molecule has 1 aliphatic heterocycles. The highest BCUT2D eigenvalue weighted by Crippen LogP contribution is 2.31. The van der Waals surface area contributed by atoms with Crippen molar-refractivity contribution in [3.05, 3.63) is 0 Å². The average molecular weight is 525 g/mol. The molecule has 0 aromatic heterocycles. The lowest BCUT2D eigenvalue weighted by Crippen LogP contribution is -2.62. The summed E-state index contributed by atoms with van der Waals surface area (Å²) in [4.78, 5) is 31.7. The number of hydrogen-bond donors (Lipinski definition) is 1. The summed E-state index contributed by atoms with van der Waals surface area (Å²) in [5, 5.41) is 0. The quantitative estimate of drug-likeness (QED) is 0.0595. The fourth-order valence-corrected chi connectivity index (χ4v) is 6.17. The Morgan fingerprint density at radius 3 is 1.97 bits per heavy atom. The van der Waals surface area contributed by atoms with Gasteiger partial charge in [0, 0.05) is 25.8 Å². The zero-order valence-electron chi connectivity index (χ0n) is 25.0. The molecule has 0 spiro atoms. The number of rotatable bonds is 25. The minimum atomic E-state index is 0.313. The van der Waals surface area contributed by atoms with Gasteiger partial charge in [-0.2, -0.15) is 0 Å². The van der Waals surface area contributed by atoms with Crippen molar-refractivity contribution >= 4 is 12.3 Å². The molecule has 0 aromatic rings. The fraction of sp³-hybridized carbons (Fsp3) is 0.935. The van der Waals surface area contributed by atoms with E-state index in [2.05, 4.69) is 31.4 Å². The number of piperidine rings is 1. The van der Waals surface area contributed by atoms with Gasteiger partial charge in [-0.25, -0.2) is 10.3 Å². The first-order valence-electron chi connectivity index (χ1n) is 15.9. The minimum absolute atomic E-state index is 0.313. The number of carbonyl (C=O) groups is 2. The molecule has 37 heavy (non-hydrogen) atoms. The first kappa shape index (κ1) is 34.0. The normalized spacial score (nSPS) is 19.8. The highest BCUT2D eigenvalue weighted by molar-refractivity contribution is 5.69. The summed E-state index contributed by atoms with van der Waals surface area (Å²) in [7, 11) is 4.21. The van der Waals surface area contributed by atoms with E-state index in [0.717, 1.165) is 51.7 Å². The lowest BCUT2D eigenvalue weighted by atomic mass is 9.93. The van der Waals surface area contributed by atoms with Crippen LogP contribution < -0.4 is 5.48 Å². The Morgan fingerprint density at radius 1 is 0.865 bits per heavy atom. The third kappa shape index (κ3) is 15.9. The van der Waals surface area contributed by atoms with E-state index in [4.69, 9.17) is 4.84 Å². The van der Waals surface area contributed by atoms with E-state index < -0.39 is 0 Å². The number of hydroxylamine groups is 1. The minimum Gasteiger partial charge on any atom is -0.309 e. The molecule has 1 rings (SSSR count). The lowest BCUT2D eigenvalue weighted by molar-refractivity contribution is -0.886. The van der Waals surface area contributed by atoms with Gasteiger partial charge in [-0.3, -0.25) is 14.1 Å². The summed E-state index contributed by atoms with van der Waals surface area (Å²) in [5.74, 6) is 0.446. The highest BCUT2D eigenvalue weighted by Gasteiger charge is 2.44. The number of unbranched alkanes of at least 4 members (excludes halogenated alkanes) is 14. The number of nitrogens with zero attached hydrogens (tertiary/aromatic N) is 2. The van der Waals surface area contributed by atoms with Crippen LogP contribution in [0.1, 0.15) is 142 Å². The van der Waals surface area contributed by atoms with Crippen molar-refractivity contribution in [2.75, 3.05) is 40.3 Å². The maximum Gasteiger partial charge on any atom is 0.313 e. The number of hydrogen-bond acceptors (Lipinski definition) is 4. The summed E-state index contributed by atoms with van der Waals surface area (Å²) in [6, 6.07) is 0.313. The first-order chi connectivity index (χ1) is 18.1. The van der Waals surface area contributed by atoms with E-state index in [1.165, 1.54) is 96.3 Å². The molecular weight excluding hydrogens is 462 g/mol. The van der Waals surface area contributed by atoms with E-state index in [1.54, 1.807) is 0 Å². The van der Waals surface area contributed by atoms with E-state index in [9.17, 15) is 9.59 Å². The van der Waals surface area contributed by atoms with Crippen LogP contribution >= 0.6 is 0 Å². The SMILES string of the molecule is CCCCCCCCCCCCCCCCCC(=O)[N+]1(CCCN(C)C)CCCCC1CCONC=O. The van der Waals surface area contributed by atoms with E-state index in [-0.39, 0.29) is 0 Å². The molecule has 1 aliphatic rings. The second-order valence-corrected chi connectivity index (χ2v) is 11.8. The van der Waals surface area contributed by atoms with Gasteiger partial charge in [0.15, 0.2) is 0 Å². The van der Waals surface area contributed by atoms with Crippen LogP contribution in [0.15, 0.2) is 0 Å². The zero-order valence-corrected chi connectivity index (χ0v) is 25.0. The molecule has 1 heterocycles. The summed E-state index contributed by atoms with van der Waals surface area (Å²) in [5.41, 5.74) is 2.31. The third-order valence-electron chi connectivity index (χ3n) is 8.38. The summed E-state index contributed by atoms with van der Waals surface area (Å²) in [6.45, 7) is 5.68. The van der Waals surface area contributed by atoms with Crippen molar-refractivity contribution in [1.82, 2.24) is 10.4 Å². The van der Waals surface area contributed by atoms with Crippen molar-refractivity contribution in [3.8, 4) is 0 Å². The predicted molar refractivity (Wildman–Crippen MR) is 155 cm³/mol. The van der Waals surface area contributed by atoms with E-state index in [1.807, 2.05) is 0 Å². The number of carbonyl (C=O) groups excluding carboxylic acids is 2. The molecule has 2 amide bonds. The second-order valence-electron chi connectivity index (χ2n) is 11.8. The van der Waals surface area contributed by atoms with Crippen LogP contribution in [0.5, 0.6) is 0 Å². The summed E-state index contributed by atoms with van der Waals surface area (Å²) >= 11 is 0. The van der Waals surface area contributed by atoms with Crippen LogP contribution in [0.25, 0.3) is 0 Å². The topological polar surface area (TPSA) is 58.6 Å². The first-order valence-corrected chi connectivity index (χ1v) is 15.9. The van der Waals surface area contributed by atoms with Gasteiger partial charge in [0.1, 0.15) is 0 Å². The van der Waals surface area contributed by atoms with Crippen molar-refractivity contribution in [2.45, 2.75) is 148 Å². The molecular formula is C31H62N3O3+. The van der Waals surface area contributed by atoms with Gasteiger partial charge in [0.25, 0.3) is 0 Å². The largest absolute Gasteiger partial charge is 0.313 e. The van der Waals surface area contributed by atoms with Crippen molar-refractivity contribution in [2.24, 2.45) is 0 Å². The van der Waals surface area contributed by atoms with Crippen molar-refractivity contribution in [1.29, 1.82) is 0 Å². The van der Waals surface area contributed by atoms with Crippen LogP contribution in [-0.4, -0.2) is 68.1 Å². The van der Waals surface area contributed by atoms with Gasteiger partial charge in [0.05, 0.1) is 32.2 Å². The maximum absolute atomic E-state index is 13.7. The molecule has 0 aromatic carbocycles. The molecule has 2 unspecified atom stereocenters. The van der Waals surface area contributed by atoms with Crippen LogP contribution in [0.3, 0.4) is 0 Å². The molecule has 0 aliphatic carbocycles. The standard InChI is InChI=1S/C31H61N3O3/c1-4-5-6-7-8-9-10-11-12-13-14-15-16-17-18-23-31(36)34(27-21-25-33(2)3)26-20-19-22-30(34)24-28-37-32-29-35/h29-30H,4-28H2,1-3H3/p+1. The van der Waals surface area contributed by atoms with Gasteiger partial charge in [-0.15, -0.1) is 0 Å². The third-order valence-corrected chi connectivity index (χ3v) is 8.38. The Morgan fingerprint density at radius 2 is 1.43 bits per heavy atom. The van der Waals surface area contributed by atoms with Gasteiger partial charge >= 0.3 is 5.91 Å². The fourth-order valence-electron chi connectivity index (χ4n) is 6.17. The van der Waals surface area contributed by atoms with Gasteiger partial charge in [-0.05, 0) is 33.4 Å². The molecule has 2 atom stereocenters. The Kier molecular flexibility index (Phi) is 21.1. The molecule has 1 saturated heterocycles. The molecule has 1 N–H and O–H groups in total. The predicted octanol–water partition coefficient (Wildman–Crippen LogP) is 7.16. The Balaban J connectivity index is 2.29. The molecule has 0 bridgehead atoms. The van der Waals surface area contributed by atoms with E-state index >= 15 is 0 Å². The van der Waals surface area contributed by atoms with E-state index in [0.29, 0.717) is 35.9 Å². The summed E-state index contributed by atoms with van der Waals surface area (Å²) in [6.07, 6.45) is 26.8. The Labute approximate surface area is 229 Å². The van der Waals surface area contributed by atoms with Crippen LogP contribution in [-0.2, 0) is 14.4 Å². The molecule has 6 nitrogen and oxygen atoms in total. The smallest absolute Gasteiger partial charge is 0.309 e. The monoisotopic (exact) mass is 524 g/mol. The van der Waals surface area contributed by atoms with Gasteiger partial charge in [0.2, 0.25) is 6.41 Å². The molecule has 0 radical (unpaired) electrons. The molecule has 0 saturated carbocycles. The molecule has 218 valence electrons. The highest BCUT2D eigenvalue weighted by atomic mass is 16.6. The molecule has 6 heteroatoms. The number of quaternary nitrogens is 1. The lowest BCUT2D eigenvalue weighted by Gasteiger charge is -2.46. The van der Waals surface area contributed by atoms with Gasteiger partial charge < -0.3 is 4.90 Å². The zero-order chi connectivity index (χ0) is 27.0. The van der Waals surface area contributed by atoms with Gasteiger partial charge in [-0.1, -0.05) is 96.8 Å². The average Bonchev–Trinajstić information content (AvgIpc) is 2.89. The molecule has 1 fully saturated rings. The number of nitrogens with one attached hydrogen (secondary N) is 1. The summed E-state index contributed by atoms with van der Waals surface area (Å²) < 4.78 is 0.636.